The van der Waals surface area contributed by atoms with Gasteiger partial charge in [-0.2, -0.15) is 0 Å². The number of aryl methyl sites for hydroxylation is 1. The van der Waals surface area contributed by atoms with Crippen molar-refractivity contribution in [3.05, 3.63) is 71.5 Å². The van der Waals surface area contributed by atoms with E-state index in [9.17, 15) is 4.79 Å². The highest BCUT2D eigenvalue weighted by Gasteiger charge is 2.15. The third kappa shape index (κ3) is 6.11. The second-order valence-electron chi connectivity index (χ2n) is 6.73. The van der Waals surface area contributed by atoms with E-state index in [1.807, 2.05) is 37.3 Å². The summed E-state index contributed by atoms with van der Waals surface area (Å²) in [6.45, 7) is 6.93. The van der Waals surface area contributed by atoms with Gasteiger partial charge in [0, 0.05) is 11.4 Å². The highest BCUT2D eigenvalue weighted by molar-refractivity contribution is 7.99. The standard InChI is InChI=1S/C22H26N4OS2/c1-4-26-20(14-28-19-12-10-16(2)11-13-19)24-25-22(26)29-15-21(27)23-17(3)18-8-6-5-7-9-18/h5-13,17H,4,14-15H2,1-3H3,(H,23,27). The van der Waals surface area contributed by atoms with Crippen molar-refractivity contribution >= 4 is 29.4 Å². The molecular formula is C22H26N4OS2. The molecule has 0 radical (unpaired) electrons. The lowest BCUT2D eigenvalue weighted by Crippen LogP contribution is -2.28. The van der Waals surface area contributed by atoms with E-state index >= 15 is 0 Å². The van der Waals surface area contributed by atoms with Crippen LogP contribution in [0.4, 0.5) is 0 Å². The van der Waals surface area contributed by atoms with E-state index in [2.05, 4.69) is 58.2 Å². The minimum absolute atomic E-state index is 0.00686. The molecule has 0 aliphatic rings. The van der Waals surface area contributed by atoms with Crippen LogP contribution in [-0.4, -0.2) is 26.4 Å². The highest BCUT2D eigenvalue weighted by Crippen LogP contribution is 2.25. The van der Waals surface area contributed by atoms with Crippen LogP contribution >= 0.6 is 23.5 Å². The van der Waals surface area contributed by atoms with Crippen LogP contribution in [-0.2, 0) is 17.1 Å². The zero-order valence-electron chi connectivity index (χ0n) is 17.0. The van der Waals surface area contributed by atoms with Crippen LogP contribution in [0.25, 0.3) is 0 Å². The summed E-state index contributed by atoms with van der Waals surface area (Å²) < 4.78 is 2.08. The van der Waals surface area contributed by atoms with Crippen LogP contribution in [0.5, 0.6) is 0 Å². The average molecular weight is 427 g/mol. The third-order valence-corrected chi connectivity index (χ3v) is 6.48. The summed E-state index contributed by atoms with van der Waals surface area (Å²) in [6, 6.07) is 18.4. The molecule has 5 nitrogen and oxygen atoms in total. The number of nitrogens with one attached hydrogen (secondary N) is 1. The molecule has 0 spiro atoms. The Kier molecular flexibility index (Phi) is 7.77. The SMILES string of the molecule is CCn1c(CSc2ccc(C)cc2)nnc1SCC(=O)NC(C)c1ccccc1. The fourth-order valence-corrected chi connectivity index (χ4v) is 4.54. The Morgan fingerprint density at radius 3 is 2.48 bits per heavy atom. The summed E-state index contributed by atoms with van der Waals surface area (Å²) in [7, 11) is 0. The van der Waals surface area contributed by atoms with Crippen LogP contribution in [0.1, 0.15) is 36.8 Å². The smallest absolute Gasteiger partial charge is 0.230 e. The van der Waals surface area contributed by atoms with Crippen molar-refractivity contribution in [3.8, 4) is 0 Å². The van der Waals surface area contributed by atoms with E-state index in [4.69, 9.17) is 0 Å². The topological polar surface area (TPSA) is 59.8 Å². The van der Waals surface area contributed by atoms with Crippen LogP contribution in [0.3, 0.4) is 0 Å². The molecule has 7 heteroatoms. The van der Waals surface area contributed by atoms with Gasteiger partial charge in [-0.05, 0) is 38.5 Å². The molecule has 0 bridgehead atoms. The summed E-state index contributed by atoms with van der Waals surface area (Å²) in [6.07, 6.45) is 0. The summed E-state index contributed by atoms with van der Waals surface area (Å²) >= 11 is 3.17. The Morgan fingerprint density at radius 2 is 1.79 bits per heavy atom. The predicted molar refractivity (Wildman–Crippen MR) is 120 cm³/mol. The highest BCUT2D eigenvalue weighted by atomic mass is 32.2. The maximum Gasteiger partial charge on any atom is 0.230 e. The fourth-order valence-electron chi connectivity index (χ4n) is 2.87. The van der Waals surface area contributed by atoms with E-state index in [0.29, 0.717) is 5.75 Å². The van der Waals surface area contributed by atoms with Gasteiger partial charge >= 0.3 is 0 Å². The molecule has 2 aromatic carbocycles. The van der Waals surface area contributed by atoms with Gasteiger partial charge in [-0.25, -0.2) is 0 Å². The van der Waals surface area contributed by atoms with Gasteiger partial charge in [0.1, 0.15) is 5.82 Å². The second kappa shape index (κ2) is 10.5. The van der Waals surface area contributed by atoms with Crippen molar-refractivity contribution in [1.29, 1.82) is 0 Å². The minimum atomic E-state index is -0.0187. The van der Waals surface area contributed by atoms with Gasteiger partial charge < -0.3 is 9.88 Å². The van der Waals surface area contributed by atoms with Crippen molar-refractivity contribution < 1.29 is 4.79 Å². The van der Waals surface area contributed by atoms with Crippen molar-refractivity contribution in [1.82, 2.24) is 20.1 Å². The van der Waals surface area contributed by atoms with Gasteiger partial charge in [-0.15, -0.1) is 22.0 Å². The molecule has 1 heterocycles. The first kappa shape index (κ1) is 21.5. The van der Waals surface area contributed by atoms with Crippen molar-refractivity contribution in [2.45, 2.75) is 49.2 Å². The van der Waals surface area contributed by atoms with Crippen LogP contribution in [0.15, 0.2) is 64.6 Å². The minimum Gasteiger partial charge on any atom is -0.349 e. The molecule has 1 N–H and O–H groups in total. The van der Waals surface area contributed by atoms with E-state index in [-0.39, 0.29) is 11.9 Å². The Balaban J connectivity index is 1.54. The quantitative estimate of drug-likeness (QED) is 0.495. The van der Waals surface area contributed by atoms with Crippen LogP contribution in [0, 0.1) is 6.92 Å². The van der Waals surface area contributed by atoms with E-state index in [0.717, 1.165) is 28.8 Å². The lowest BCUT2D eigenvalue weighted by atomic mass is 10.1. The molecule has 1 atom stereocenters. The molecule has 3 rings (SSSR count). The molecule has 1 aromatic heterocycles. The first-order valence-electron chi connectivity index (χ1n) is 9.65. The first-order chi connectivity index (χ1) is 14.1. The number of carbonyl (C=O) groups excluding carboxylic acids is 1. The molecule has 0 fully saturated rings. The molecule has 0 saturated carbocycles. The lowest BCUT2D eigenvalue weighted by molar-refractivity contribution is -0.119. The Morgan fingerprint density at radius 1 is 1.07 bits per heavy atom. The number of hydrogen-bond acceptors (Lipinski definition) is 5. The normalized spacial score (nSPS) is 12.0. The number of thioether (sulfide) groups is 2. The number of aromatic nitrogens is 3. The monoisotopic (exact) mass is 426 g/mol. The summed E-state index contributed by atoms with van der Waals surface area (Å²) in [5.41, 5.74) is 2.35. The predicted octanol–water partition coefficient (Wildman–Crippen LogP) is 4.87. The molecular weight excluding hydrogens is 400 g/mol. The van der Waals surface area contributed by atoms with Crippen molar-refractivity contribution in [3.63, 3.8) is 0 Å². The molecule has 152 valence electrons. The number of nitrogens with zero attached hydrogens (tertiary/aromatic N) is 3. The van der Waals surface area contributed by atoms with Crippen LogP contribution < -0.4 is 5.32 Å². The molecule has 1 amide bonds. The number of amides is 1. The Bertz CT molecular complexity index is 926. The number of rotatable bonds is 9. The van der Waals surface area contributed by atoms with Gasteiger partial charge in [-0.1, -0.05) is 59.8 Å². The Hall–Kier alpha value is -2.25. The average Bonchev–Trinajstić information content (AvgIpc) is 3.14. The number of benzene rings is 2. The number of carbonyl (C=O) groups is 1. The van der Waals surface area contributed by atoms with Crippen molar-refractivity contribution in [2.24, 2.45) is 0 Å². The zero-order valence-corrected chi connectivity index (χ0v) is 18.6. The summed E-state index contributed by atoms with van der Waals surface area (Å²) in [5, 5.41) is 12.5. The Labute approximate surface area is 180 Å². The molecule has 0 aliphatic carbocycles. The van der Waals surface area contributed by atoms with Gasteiger partial charge in [0.15, 0.2) is 5.16 Å². The molecule has 3 aromatic rings. The van der Waals surface area contributed by atoms with Crippen molar-refractivity contribution in [2.75, 3.05) is 5.75 Å². The number of hydrogen-bond donors (Lipinski definition) is 1. The van der Waals surface area contributed by atoms with Crippen LogP contribution in [0.2, 0.25) is 0 Å². The molecule has 0 aliphatic heterocycles. The fraction of sp³-hybridized carbons (Fsp3) is 0.318. The third-order valence-electron chi connectivity index (χ3n) is 4.51. The molecule has 0 saturated heterocycles. The lowest BCUT2D eigenvalue weighted by Gasteiger charge is -2.14. The molecule has 1 unspecified atom stereocenters. The maximum absolute atomic E-state index is 12.4. The molecule has 29 heavy (non-hydrogen) atoms. The van der Waals surface area contributed by atoms with E-state index < -0.39 is 0 Å². The van der Waals surface area contributed by atoms with Gasteiger partial charge in [0.05, 0.1) is 17.5 Å². The largest absolute Gasteiger partial charge is 0.349 e. The van der Waals surface area contributed by atoms with E-state index in [1.165, 1.54) is 22.2 Å². The summed E-state index contributed by atoms with van der Waals surface area (Å²) in [4.78, 5) is 13.6. The maximum atomic E-state index is 12.4. The zero-order chi connectivity index (χ0) is 20.6. The first-order valence-corrected chi connectivity index (χ1v) is 11.6. The second-order valence-corrected chi connectivity index (χ2v) is 8.72. The van der Waals surface area contributed by atoms with Gasteiger partial charge in [0.2, 0.25) is 5.91 Å². The van der Waals surface area contributed by atoms with Gasteiger partial charge in [0.25, 0.3) is 0 Å². The van der Waals surface area contributed by atoms with Gasteiger partial charge in [-0.3, -0.25) is 4.79 Å². The summed E-state index contributed by atoms with van der Waals surface area (Å²) in [5.74, 6) is 1.99. The van der Waals surface area contributed by atoms with E-state index in [1.54, 1.807) is 11.8 Å².